The molecule has 11 nitrogen and oxygen atoms in total. The number of nitro groups is 1. The first kappa shape index (κ1) is 24.0. The maximum Gasteiger partial charge on any atom is 0.342 e. The van der Waals surface area contributed by atoms with Crippen molar-refractivity contribution in [3.63, 3.8) is 0 Å². The Bertz CT molecular complexity index is 1160. The van der Waals surface area contributed by atoms with Crippen molar-refractivity contribution >= 4 is 33.3 Å². The summed E-state index contributed by atoms with van der Waals surface area (Å²) in [5, 5.41) is 20.7. The molecule has 1 amide bonds. The zero-order valence-corrected chi connectivity index (χ0v) is 18.6. The van der Waals surface area contributed by atoms with Gasteiger partial charge in [-0.2, -0.15) is 0 Å². The minimum atomic E-state index is -4.19. The smallest absolute Gasteiger partial charge is 0.342 e. The van der Waals surface area contributed by atoms with E-state index in [4.69, 9.17) is 4.74 Å². The van der Waals surface area contributed by atoms with Gasteiger partial charge in [0.1, 0.15) is 11.3 Å². The topological polar surface area (TPSA) is 156 Å². The molecule has 1 aliphatic heterocycles. The van der Waals surface area contributed by atoms with Crippen molar-refractivity contribution in [3.8, 4) is 5.75 Å². The highest BCUT2D eigenvalue weighted by atomic mass is 32.2. The van der Waals surface area contributed by atoms with Gasteiger partial charge in [0, 0.05) is 30.9 Å². The van der Waals surface area contributed by atoms with Crippen LogP contribution in [0, 0.1) is 16.0 Å². The number of non-ortho nitro benzene ring substituents is 1. The largest absolute Gasteiger partial charge is 0.507 e. The third kappa shape index (κ3) is 5.98. The fraction of sp³-hybridized carbons (Fsp3) is 0.333. The van der Waals surface area contributed by atoms with Gasteiger partial charge in [0.15, 0.2) is 6.61 Å². The van der Waals surface area contributed by atoms with Gasteiger partial charge in [0.2, 0.25) is 0 Å². The first-order valence-electron chi connectivity index (χ1n) is 10.1. The number of phenolic OH excluding ortho intramolecular Hbond substituents is 1. The lowest BCUT2D eigenvalue weighted by molar-refractivity contribution is -0.384. The number of ether oxygens (including phenoxy) is 1. The van der Waals surface area contributed by atoms with Gasteiger partial charge < -0.3 is 14.7 Å². The fourth-order valence-electron chi connectivity index (χ4n) is 3.42. The van der Waals surface area contributed by atoms with Gasteiger partial charge in [-0.15, -0.1) is 0 Å². The van der Waals surface area contributed by atoms with E-state index < -0.39 is 38.8 Å². The number of hydrogen-bond donors (Lipinski definition) is 2. The first-order chi connectivity index (χ1) is 15.6. The molecule has 12 heteroatoms. The lowest BCUT2D eigenvalue weighted by atomic mass is 10.0. The Morgan fingerprint density at radius 3 is 2.58 bits per heavy atom. The van der Waals surface area contributed by atoms with Gasteiger partial charge in [-0.1, -0.05) is 6.92 Å². The summed E-state index contributed by atoms with van der Waals surface area (Å²) in [6, 6.07) is 7.75. The van der Waals surface area contributed by atoms with Gasteiger partial charge in [-0.25, -0.2) is 13.2 Å². The van der Waals surface area contributed by atoms with E-state index in [1.54, 1.807) is 4.90 Å². The monoisotopic (exact) mass is 477 g/mol. The molecule has 1 atom stereocenters. The standard InChI is InChI=1S/C21H23N3O8S/c1-14-3-2-10-23(12-14)20(26)13-32-21(27)18-11-17(8-9-19(18)25)33(30,31)22-15-4-6-16(7-5-15)24(28)29/h4-9,11,14,22,25H,2-3,10,12-13H2,1H3. The summed E-state index contributed by atoms with van der Waals surface area (Å²) in [5.41, 5.74) is -0.554. The number of likely N-dealkylation sites (tertiary alicyclic amines) is 1. The molecule has 2 N–H and O–H groups in total. The van der Waals surface area contributed by atoms with E-state index in [0.717, 1.165) is 43.2 Å². The minimum absolute atomic E-state index is 0.0687. The van der Waals surface area contributed by atoms with E-state index >= 15 is 0 Å². The molecule has 0 aliphatic carbocycles. The Hall–Kier alpha value is -3.67. The molecular weight excluding hydrogens is 454 g/mol. The number of nitrogens with one attached hydrogen (secondary N) is 1. The second kappa shape index (κ2) is 9.86. The number of sulfonamides is 1. The average Bonchev–Trinajstić information content (AvgIpc) is 2.77. The summed E-state index contributed by atoms with van der Waals surface area (Å²) in [5.74, 6) is -1.56. The van der Waals surface area contributed by atoms with E-state index in [1.165, 1.54) is 12.1 Å². The quantitative estimate of drug-likeness (QED) is 0.350. The van der Waals surface area contributed by atoms with E-state index in [9.17, 15) is 33.2 Å². The third-order valence-corrected chi connectivity index (χ3v) is 6.54. The van der Waals surface area contributed by atoms with E-state index in [-0.39, 0.29) is 22.2 Å². The lowest BCUT2D eigenvalue weighted by Gasteiger charge is -2.30. The molecule has 0 saturated carbocycles. The Kier molecular flexibility index (Phi) is 7.16. The zero-order chi connectivity index (χ0) is 24.2. The second-order valence-corrected chi connectivity index (χ2v) is 9.43. The first-order valence-corrected chi connectivity index (χ1v) is 11.6. The Morgan fingerprint density at radius 2 is 1.94 bits per heavy atom. The number of hydrogen-bond acceptors (Lipinski definition) is 8. The number of amides is 1. The number of carbonyl (C=O) groups is 2. The number of piperidine rings is 1. The Morgan fingerprint density at radius 1 is 1.24 bits per heavy atom. The van der Waals surface area contributed by atoms with Crippen LogP contribution >= 0.6 is 0 Å². The molecule has 1 unspecified atom stereocenters. The molecule has 1 heterocycles. The van der Waals surface area contributed by atoms with Crippen molar-refractivity contribution in [3.05, 3.63) is 58.1 Å². The lowest BCUT2D eigenvalue weighted by Crippen LogP contribution is -2.41. The van der Waals surface area contributed by atoms with E-state index in [1.807, 2.05) is 6.92 Å². The van der Waals surface area contributed by atoms with Crippen LogP contribution in [0.15, 0.2) is 47.4 Å². The van der Waals surface area contributed by atoms with Crippen LogP contribution in [0.5, 0.6) is 5.75 Å². The molecule has 3 rings (SSSR count). The summed E-state index contributed by atoms with van der Waals surface area (Å²) in [6.07, 6.45) is 1.88. The van der Waals surface area contributed by atoms with Crippen LogP contribution in [0.25, 0.3) is 0 Å². The van der Waals surface area contributed by atoms with Gasteiger partial charge in [-0.05, 0) is 49.1 Å². The average molecular weight is 477 g/mol. The molecule has 0 aromatic heterocycles. The van der Waals surface area contributed by atoms with Crippen molar-refractivity contribution in [2.45, 2.75) is 24.7 Å². The molecule has 1 fully saturated rings. The number of rotatable bonds is 7. The van der Waals surface area contributed by atoms with Crippen molar-refractivity contribution in [2.24, 2.45) is 5.92 Å². The minimum Gasteiger partial charge on any atom is -0.507 e. The highest BCUT2D eigenvalue weighted by Crippen LogP contribution is 2.25. The van der Waals surface area contributed by atoms with Crippen LogP contribution in [0.3, 0.4) is 0 Å². The second-order valence-electron chi connectivity index (χ2n) is 7.75. The highest BCUT2D eigenvalue weighted by Gasteiger charge is 2.24. The van der Waals surface area contributed by atoms with Gasteiger partial charge in [0.25, 0.3) is 21.6 Å². The van der Waals surface area contributed by atoms with Crippen LogP contribution in [-0.4, -0.2) is 54.9 Å². The molecule has 176 valence electrons. The van der Waals surface area contributed by atoms with E-state index in [2.05, 4.69) is 4.72 Å². The molecule has 2 aromatic rings. The molecule has 0 spiro atoms. The van der Waals surface area contributed by atoms with E-state index in [0.29, 0.717) is 19.0 Å². The number of aromatic hydroxyl groups is 1. The van der Waals surface area contributed by atoms with Gasteiger partial charge in [-0.3, -0.25) is 19.6 Å². The number of anilines is 1. The zero-order valence-electron chi connectivity index (χ0n) is 17.8. The predicted molar refractivity (Wildman–Crippen MR) is 117 cm³/mol. The van der Waals surface area contributed by atoms with Gasteiger partial charge >= 0.3 is 5.97 Å². The van der Waals surface area contributed by atoms with Gasteiger partial charge in [0.05, 0.1) is 9.82 Å². The normalized spacial score (nSPS) is 16.2. The number of carbonyl (C=O) groups excluding carboxylic acids is 2. The van der Waals surface area contributed by atoms with Crippen LogP contribution in [0.4, 0.5) is 11.4 Å². The number of nitro benzene ring substituents is 1. The van der Waals surface area contributed by atoms with Crippen molar-refractivity contribution in [2.75, 3.05) is 24.4 Å². The van der Waals surface area contributed by atoms with Crippen LogP contribution in [0.1, 0.15) is 30.1 Å². The Labute approximate surface area is 190 Å². The SMILES string of the molecule is CC1CCCN(C(=O)COC(=O)c2cc(S(=O)(=O)Nc3ccc([N+](=O)[O-])cc3)ccc2O)C1. The molecule has 33 heavy (non-hydrogen) atoms. The maximum absolute atomic E-state index is 12.7. The summed E-state index contributed by atoms with van der Waals surface area (Å²) >= 11 is 0. The summed E-state index contributed by atoms with van der Waals surface area (Å²) in [6.45, 7) is 2.65. The summed E-state index contributed by atoms with van der Waals surface area (Å²) in [4.78, 5) is 36.1. The summed E-state index contributed by atoms with van der Waals surface area (Å²) in [7, 11) is -4.19. The number of phenols is 1. The number of benzene rings is 2. The summed E-state index contributed by atoms with van der Waals surface area (Å²) < 4.78 is 32.6. The fourth-order valence-corrected chi connectivity index (χ4v) is 4.51. The predicted octanol–water partition coefficient (Wildman–Crippen LogP) is 2.52. The molecule has 0 radical (unpaired) electrons. The number of esters is 1. The molecule has 0 bridgehead atoms. The highest BCUT2D eigenvalue weighted by molar-refractivity contribution is 7.92. The molecule has 1 saturated heterocycles. The van der Waals surface area contributed by atoms with Crippen LogP contribution < -0.4 is 4.72 Å². The van der Waals surface area contributed by atoms with Crippen molar-refractivity contribution < 1.29 is 32.8 Å². The maximum atomic E-state index is 12.7. The Balaban J connectivity index is 1.70. The number of nitrogens with zero attached hydrogens (tertiary/aromatic N) is 2. The molecule has 1 aliphatic rings. The third-order valence-electron chi connectivity index (χ3n) is 5.17. The van der Waals surface area contributed by atoms with Crippen LogP contribution in [-0.2, 0) is 19.6 Å². The molecule has 2 aromatic carbocycles. The van der Waals surface area contributed by atoms with Crippen LogP contribution in [0.2, 0.25) is 0 Å². The van der Waals surface area contributed by atoms with Crippen molar-refractivity contribution in [1.29, 1.82) is 0 Å². The van der Waals surface area contributed by atoms with Crippen molar-refractivity contribution in [1.82, 2.24) is 4.90 Å². The molecular formula is C21H23N3O8S.